The molecule has 10 heteroatoms. The highest BCUT2D eigenvalue weighted by Crippen LogP contribution is 2.37. The molecule has 0 spiro atoms. The quantitative estimate of drug-likeness (QED) is 0.246. The van der Waals surface area contributed by atoms with Gasteiger partial charge in [0.25, 0.3) is 0 Å². The molecule has 0 unspecified atom stereocenters. The summed E-state index contributed by atoms with van der Waals surface area (Å²) in [7, 11) is 0. The number of rotatable bonds is 9. The van der Waals surface area contributed by atoms with Crippen molar-refractivity contribution in [1.82, 2.24) is 0 Å². The lowest BCUT2D eigenvalue weighted by atomic mass is 9.96. The average molecular weight is 517 g/mol. The normalized spacial score (nSPS) is 13.4. The standard InChI is InChI=1S/C25H28N2O6S2/c1-2-33-25(32)23-18-10-5-3-4-6-11-19(18)35-24(23)27-21(29)15-34-17-9-7-8-16(14-17)26-20(28)12-13-22(30)31/h7-9,12-14H,2-6,10-11,15H2,1H3,(H,26,28)(H,27,29)(H,30,31)/b13-12+. The molecule has 1 aromatic carbocycles. The van der Waals surface area contributed by atoms with Gasteiger partial charge in [0.2, 0.25) is 11.8 Å². The average Bonchev–Trinajstić information content (AvgIpc) is 3.12. The molecule has 0 atom stereocenters. The van der Waals surface area contributed by atoms with Crippen LogP contribution in [0.15, 0.2) is 41.3 Å². The zero-order chi connectivity index (χ0) is 25.2. The number of carboxylic acids is 1. The Morgan fingerprint density at radius 1 is 1.09 bits per heavy atom. The van der Waals surface area contributed by atoms with E-state index in [0.717, 1.165) is 59.6 Å². The molecule has 0 radical (unpaired) electrons. The Hall–Kier alpha value is -3.11. The number of fused-ring (bicyclic) bond motifs is 1. The molecule has 0 fully saturated rings. The number of esters is 1. The van der Waals surface area contributed by atoms with Crippen molar-refractivity contribution >= 4 is 57.5 Å². The van der Waals surface area contributed by atoms with Crippen LogP contribution in [0.4, 0.5) is 10.7 Å². The first-order chi connectivity index (χ1) is 16.9. The van der Waals surface area contributed by atoms with Crippen LogP contribution >= 0.6 is 23.1 Å². The predicted octanol–water partition coefficient (Wildman–Crippen LogP) is 4.89. The van der Waals surface area contributed by atoms with E-state index in [9.17, 15) is 19.2 Å². The first-order valence-electron chi connectivity index (χ1n) is 11.4. The second kappa shape index (κ2) is 13.1. The van der Waals surface area contributed by atoms with Gasteiger partial charge < -0.3 is 20.5 Å². The number of thiophene rings is 1. The highest BCUT2D eigenvalue weighted by molar-refractivity contribution is 8.00. The Morgan fingerprint density at radius 2 is 1.86 bits per heavy atom. The zero-order valence-corrected chi connectivity index (χ0v) is 21.1. The summed E-state index contributed by atoms with van der Waals surface area (Å²) >= 11 is 2.75. The number of aliphatic carboxylic acids is 1. The minimum absolute atomic E-state index is 0.112. The number of thioether (sulfide) groups is 1. The molecule has 186 valence electrons. The third-order valence-electron chi connectivity index (χ3n) is 5.25. The molecule has 0 aliphatic heterocycles. The van der Waals surface area contributed by atoms with Crippen LogP contribution < -0.4 is 10.6 Å². The summed E-state index contributed by atoms with van der Waals surface area (Å²) in [5.41, 5.74) is 1.99. The predicted molar refractivity (Wildman–Crippen MR) is 137 cm³/mol. The van der Waals surface area contributed by atoms with E-state index in [1.165, 1.54) is 29.5 Å². The lowest BCUT2D eigenvalue weighted by Crippen LogP contribution is -2.17. The lowest BCUT2D eigenvalue weighted by Gasteiger charge is -2.11. The van der Waals surface area contributed by atoms with Crippen LogP contribution in [-0.4, -0.2) is 41.2 Å². The fourth-order valence-electron chi connectivity index (χ4n) is 3.73. The van der Waals surface area contributed by atoms with Gasteiger partial charge in [-0.15, -0.1) is 23.1 Å². The maximum absolute atomic E-state index is 12.8. The van der Waals surface area contributed by atoms with Crippen molar-refractivity contribution in [2.75, 3.05) is 23.0 Å². The van der Waals surface area contributed by atoms with Gasteiger partial charge in [0.05, 0.1) is 17.9 Å². The van der Waals surface area contributed by atoms with Crippen molar-refractivity contribution in [2.45, 2.75) is 50.3 Å². The molecular weight excluding hydrogens is 488 g/mol. The number of hydrogen-bond acceptors (Lipinski definition) is 7. The summed E-state index contributed by atoms with van der Waals surface area (Å²) in [6.07, 6.45) is 7.78. The number of ether oxygens (including phenoxy) is 1. The fourth-order valence-corrected chi connectivity index (χ4v) is 5.78. The summed E-state index contributed by atoms with van der Waals surface area (Å²) in [6.45, 7) is 2.04. The Balaban J connectivity index is 1.66. The van der Waals surface area contributed by atoms with Crippen molar-refractivity contribution in [3.63, 3.8) is 0 Å². The molecule has 2 aromatic rings. The van der Waals surface area contributed by atoms with Gasteiger partial charge in [-0.1, -0.05) is 18.9 Å². The van der Waals surface area contributed by atoms with E-state index in [1.54, 1.807) is 25.1 Å². The molecule has 3 N–H and O–H groups in total. The Labute approximate surface area is 212 Å². The molecule has 3 rings (SSSR count). The molecule has 1 aliphatic carbocycles. The molecule has 1 aromatic heterocycles. The number of benzene rings is 1. The third-order valence-corrected chi connectivity index (χ3v) is 7.45. The molecule has 1 heterocycles. The molecule has 8 nitrogen and oxygen atoms in total. The van der Waals surface area contributed by atoms with Crippen molar-refractivity contribution in [3.05, 3.63) is 52.4 Å². The van der Waals surface area contributed by atoms with Gasteiger partial charge in [-0.3, -0.25) is 9.59 Å². The first-order valence-corrected chi connectivity index (χ1v) is 13.2. The summed E-state index contributed by atoms with van der Waals surface area (Å²) in [5.74, 6) is -2.30. The van der Waals surface area contributed by atoms with Crippen LogP contribution in [0.2, 0.25) is 0 Å². The van der Waals surface area contributed by atoms with E-state index in [2.05, 4.69) is 10.6 Å². The number of nitrogens with one attached hydrogen (secondary N) is 2. The SMILES string of the molecule is CCOC(=O)c1c(NC(=O)CSc2cccc(NC(=O)/C=C/C(=O)O)c2)sc2c1CCCCCC2. The molecule has 0 bridgehead atoms. The number of carboxylic acid groups (broad SMARTS) is 1. The first kappa shape index (κ1) is 26.5. The van der Waals surface area contributed by atoms with Crippen LogP contribution in [0.25, 0.3) is 0 Å². The number of carbonyl (C=O) groups excluding carboxylic acids is 3. The molecule has 0 saturated carbocycles. The second-order valence-electron chi connectivity index (χ2n) is 7.87. The van der Waals surface area contributed by atoms with Crippen LogP contribution in [0.5, 0.6) is 0 Å². The highest BCUT2D eigenvalue weighted by Gasteiger charge is 2.26. The van der Waals surface area contributed by atoms with Crippen molar-refractivity contribution < 1.29 is 29.0 Å². The van der Waals surface area contributed by atoms with Crippen LogP contribution in [0.1, 0.15) is 53.4 Å². The van der Waals surface area contributed by atoms with E-state index >= 15 is 0 Å². The Bertz CT molecular complexity index is 1130. The van der Waals surface area contributed by atoms with Gasteiger partial charge in [-0.25, -0.2) is 9.59 Å². The Morgan fingerprint density at radius 3 is 2.60 bits per heavy atom. The topological polar surface area (TPSA) is 122 Å². The maximum Gasteiger partial charge on any atom is 0.341 e. The zero-order valence-electron chi connectivity index (χ0n) is 19.4. The van der Waals surface area contributed by atoms with E-state index in [-0.39, 0.29) is 18.3 Å². The lowest BCUT2D eigenvalue weighted by molar-refractivity contribution is -0.131. The minimum Gasteiger partial charge on any atom is -0.478 e. The molecule has 1 aliphatic rings. The van der Waals surface area contributed by atoms with Crippen molar-refractivity contribution in [3.8, 4) is 0 Å². The number of anilines is 2. The Kier molecular flexibility index (Phi) is 9.92. The van der Waals surface area contributed by atoms with Crippen LogP contribution in [-0.2, 0) is 32.0 Å². The maximum atomic E-state index is 12.8. The van der Waals surface area contributed by atoms with Gasteiger partial charge in [0.15, 0.2) is 0 Å². The van der Waals surface area contributed by atoms with Gasteiger partial charge in [0.1, 0.15) is 5.00 Å². The molecular formula is C25H28N2O6S2. The van der Waals surface area contributed by atoms with Crippen LogP contribution in [0, 0.1) is 0 Å². The minimum atomic E-state index is -1.21. The molecule has 35 heavy (non-hydrogen) atoms. The monoisotopic (exact) mass is 516 g/mol. The number of amides is 2. The number of aryl methyl sites for hydroxylation is 1. The second-order valence-corrected chi connectivity index (χ2v) is 10.0. The van der Waals surface area contributed by atoms with Crippen molar-refractivity contribution in [2.24, 2.45) is 0 Å². The van der Waals surface area contributed by atoms with Crippen molar-refractivity contribution in [1.29, 1.82) is 0 Å². The van der Waals surface area contributed by atoms with Gasteiger partial charge in [0, 0.05) is 27.6 Å². The van der Waals surface area contributed by atoms with Gasteiger partial charge in [-0.2, -0.15) is 0 Å². The highest BCUT2D eigenvalue weighted by atomic mass is 32.2. The molecule has 0 saturated heterocycles. The van der Waals surface area contributed by atoms with E-state index in [0.29, 0.717) is 16.3 Å². The third kappa shape index (κ3) is 7.97. The van der Waals surface area contributed by atoms with Gasteiger partial charge in [-0.05, 0) is 56.4 Å². The summed E-state index contributed by atoms with van der Waals surface area (Å²) in [6, 6.07) is 6.91. The van der Waals surface area contributed by atoms with Gasteiger partial charge >= 0.3 is 11.9 Å². The van der Waals surface area contributed by atoms with E-state index < -0.39 is 17.8 Å². The number of carbonyl (C=O) groups is 4. The summed E-state index contributed by atoms with van der Waals surface area (Å²) in [4.78, 5) is 49.7. The largest absolute Gasteiger partial charge is 0.478 e. The smallest absolute Gasteiger partial charge is 0.341 e. The van der Waals surface area contributed by atoms with E-state index in [1.807, 2.05) is 6.07 Å². The molecule has 2 amide bonds. The number of hydrogen-bond donors (Lipinski definition) is 3. The van der Waals surface area contributed by atoms with E-state index in [4.69, 9.17) is 9.84 Å². The van der Waals surface area contributed by atoms with Crippen LogP contribution in [0.3, 0.4) is 0 Å². The summed E-state index contributed by atoms with van der Waals surface area (Å²) in [5, 5.41) is 14.7. The fraction of sp³-hybridized carbons (Fsp3) is 0.360. The summed E-state index contributed by atoms with van der Waals surface area (Å²) < 4.78 is 5.29.